The van der Waals surface area contributed by atoms with Crippen LogP contribution in [0.15, 0.2) is 0 Å². The van der Waals surface area contributed by atoms with Crippen molar-refractivity contribution in [2.45, 2.75) is 49.3 Å². The number of nitrogens with one attached hydrogen (secondary N) is 1. The standard InChI is InChI=1S/C12H24N2O7/c13-7(11(19)20)3-1-2-4-14-12(6-16)10(18)9(17)8(5-15)21-12/h7-10,14-18H,1-6,13H2,(H,19,20)/t7-,8+,9+,10-,12-/m0/s1. The summed E-state index contributed by atoms with van der Waals surface area (Å²) in [6, 6.07) is -0.911. The van der Waals surface area contributed by atoms with Crippen LogP contribution < -0.4 is 11.1 Å². The maximum Gasteiger partial charge on any atom is 0.320 e. The number of unbranched alkanes of at least 4 members (excludes halogenated alkanes) is 1. The largest absolute Gasteiger partial charge is 0.480 e. The summed E-state index contributed by atoms with van der Waals surface area (Å²) >= 11 is 0. The molecule has 5 atom stereocenters. The molecule has 9 heteroatoms. The molecule has 0 bridgehead atoms. The van der Waals surface area contributed by atoms with Gasteiger partial charge in [-0.05, 0) is 19.4 Å². The highest BCUT2D eigenvalue weighted by Gasteiger charge is 2.53. The van der Waals surface area contributed by atoms with Gasteiger partial charge < -0.3 is 36.0 Å². The molecule has 1 aliphatic rings. The SMILES string of the molecule is N[C@@H](CCCCN[C@@]1(CO)O[C@H](CO)[C@@H](O)[C@@H]1O)C(=O)O. The fourth-order valence-electron chi connectivity index (χ4n) is 2.28. The van der Waals surface area contributed by atoms with Gasteiger partial charge in [0.1, 0.15) is 24.4 Å². The lowest BCUT2D eigenvalue weighted by molar-refractivity contribution is -0.139. The lowest BCUT2D eigenvalue weighted by Crippen LogP contribution is -2.57. The van der Waals surface area contributed by atoms with Crippen LogP contribution in [-0.2, 0) is 9.53 Å². The topological polar surface area (TPSA) is 166 Å². The molecule has 0 aromatic heterocycles. The van der Waals surface area contributed by atoms with E-state index in [1.807, 2.05) is 0 Å². The molecule has 0 saturated carbocycles. The third-order valence-corrected chi connectivity index (χ3v) is 3.64. The lowest BCUT2D eigenvalue weighted by atomic mass is 10.0. The highest BCUT2D eigenvalue weighted by atomic mass is 16.6. The summed E-state index contributed by atoms with van der Waals surface area (Å²) < 4.78 is 5.31. The predicted octanol–water partition coefficient (Wildman–Crippen LogP) is -3.04. The zero-order chi connectivity index (χ0) is 16.0. The van der Waals surface area contributed by atoms with Gasteiger partial charge >= 0.3 is 5.97 Å². The van der Waals surface area contributed by atoms with Crippen LogP contribution in [0.4, 0.5) is 0 Å². The molecule has 1 saturated heterocycles. The van der Waals surface area contributed by atoms with Gasteiger partial charge in [-0.15, -0.1) is 0 Å². The molecule has 9 nitrogen and oxygen atoms in total. The minimum Gasteiger partial charge on any atom is -0.480 e. The molecule has 124 valence electrons. The van der Waals surface area contributed by atoms with E-state index in [-0.39, 0.29) is 0 Å². The summed E-state index contributed by atoms with van der Waals surface area (Å²) in [5.41, 5.74) is 3.84. The molecule has 0 aromatic rings. The third kappa shape index (κ3) is 4.33. The molecule has 8 N–H and O–H groups in total. The van der Waals surface area contributed by atoms with E-state index in [0.717, 1.165) is 0 Å². The van der Waals surface area contributed by atoms with Crippen LogP contribution in [0.1, 0.15) is 19.3 Å². The summed E-state index contributed by atoms with van der Waals surface area (Å²) in [7, 11) is 0. The van der Waals surface area contributed by atoms with Crippen molar-refractivity contribution in [1.29, 1.82) is 0 Å². The molecule has 1 rings (SSSR count). The van der Waals surface area contributed by atoms with E-state index in [0.29, 0.717) is 25.8 Å². The second-order valence-electron chi connectivity index (χ2n) is 5.19. The summed E-state index contributed by atoms with van der Waals surface area (Å²) in [5, 5.41) is 49.5. The number of carboxylic acid groups (broad SMARTS) is 1. The molecule has 0 aromatic carbocycles. The zero-order valence-electron chi connectivity index (χ0n) is 11.7. The number of carbonyl (C=O) groups is 1. The minimum atomic E-state index is -1.53. The molecule has 0 radical (unpaired) electrons. The van der Waals surface area contributed by atoms with Crippen molar-refractivity contribution in [2.75, 3.05) is 19.8 Å². The van der Waals surface area contributed by atoms with Gasteiger partial charge in [0.2, 0.25) is 0 Å². The smallest absolute Gasteiger partial charge is 0.320 e. The van der Waals surface area contributed by atoms with Crippen molar-refractivity contribution in [1.82, 2.24) is 5.32 Å². The summed E-state index contributed by atoms with van der Waals surface area (Å²) in [6.07, 6.45) is -2.23. The molecule has 1 fully saturated rings. The van der Waals surface area contributed by atoms with E-state index in [1.165, 1.54) is 0 Å². The second-order valence-corrected chi connectivity index (χ2v) is 5.19. The number of ether oxygens (including phenoxy) is 1. The van der Waals surface area contributed by atoms with Crippen LogP contribution in [0.5, 0.6) is 0 Å². The third-order valence-electron chi connectivity index (χ3n) is 3.64. The monoisotopic (exact) mass is 308 g/mol. The molecule has 0 amide bonds. The van der Waals surface area contributed by atoms with Crippen molar-refractivity contribution in [3.63, 3.8) is 0 Å². The number of hydrogen-bond donors (Lipinski definition) is 7. The maximum atomic E-state index is 10.5. The highest BCUT2D eigenvalue weighted by molar-refractivity contribution is 5.72. The van der Waals surface area contributed by atoms with Gasteiger partial charge in [-0.2, -0.15) is 0 Å². The van der Waals surface area contributed by atoms with Gasteiger partial charge in [0.25, 0.3) is 0 Å². The Balaban J connectivity index is 2.39. The molecule has 0 spiro atoms. The van der Waals surface area contributed by atoms with E-state index in [2.05, 4.69) is 5.32 Å². The Hall–Kier alpha value is -0.810. The molecular formula is C12H24N2O7. The van der Waals surface area contributed by atoms with E-state index in [1.54, 1.807) is 0 Å². The summed E-state index contributed by atoms with van der Waals surface area (Å²) in [5.74, 6) is -1.06. The number of aliphatic carboxylic acids is 1. The van der Waals surface area contributed by atoms with Gasteiger partial charge in [0.15, 0.2) is 5.72 Å². The van der Waals surface area contributed by atoms with Gasteiger partial charge in [-0.3, -0.25) is 10.1 Å². The first-order chi connectivity index (χ1) is 9.88. The van der Waals surface area contributed by atoms with Gasteiger partial charge in [-0.1, -0.05) is 6.42 Å². The minimum absolute atomic E-state index is 0.314. The average molecular weight is 308 g/mol. The van der Waals surface area contributed by atoms with E-state index in [4.69, 9.17) is 20.7 Å². The Morgan fingerprint density at radius 3 is 2.48 bits per heavy atom. The first-order valence-electron chi connectivity index (χ1n) is 6.87. The number of nitrogens with two attached hydrogens (primary N) is 1. The molecule has 1 heterocycles. The quantitative estimate of drug-likeness (QED) is 0.219. The summed E-state index contributed by atoms with van der Waals surface area (Å²) in [4.78, 5) is 10.5. The van der Waals surface area contributed by atoms with Crippen molar-refractivity contribution in [2.24, 2.45) is 5.73 Å². The average Bonchev–Trinajstić information content (AvgIpc) is 2.71. The maximum absolute atomic E-state index is 10.5. The Morgan fingerprint density at radius 1 is 1.33 bits per heavy atom. The molecular weight excluding hydrogens is 284 g/mol. The van der Waals surface area contributed by atoms with Crippen molar-refractivity contribution in [3.8, 4) is 0 Å². The molecule has 0 aliphatic carbocycles. The van der Waals surface area contributed by atoms with E-state index >= 15 is 0 Å². The van der Waals surface area contributed by atoms with Crippen LogP contribution in [0.2, 0.25) is 0 Å². The number of aliphatic hydroxyl groups excluding tert-OH is 4. The fourth-order valence-corrected chi connectivity index (χ4v) is 2.28. The van der Waals surface area contributed by atoms with Crippen molar-refractivity contribution < 1.29 is 35.1 Å². The molecule has 1 aliphatic heterocycles. The number of carboxylic acids is 1. The number of aliphatic hydroxyl groups is 4. The first-order valence-corrected chi connectivity index (χ1v) is 6.87. The van der Waals surface area contributed by atoms with Crippen LogP contribution >= 0.6 is 0 Å². The molecule has 0 unspecified atom stereocenters. The van der Waals surface area contributed by atoms with Crippen molar-refractivity contribution >= 4 is 5.97 Å². The van der Waals surface area contributed by atoms with Crippen LogP contribution in [-0.4, -0.2) is 81.3 Å². The predicted molar refractivity (Wildman–Crippen MR) is 71.3 cm³/mol. The first kappa shape index (κ1) is 18.2. The van der Waals surface area contributed by atoms with Crippen LogP contribution in [0, 0.1) is 0 Å². The van der Waals surface area contributed by atoms with Gasteiger partial charge in [0, 0.05) is 0 Å². The second kappa shape index (κ2) is 7.99. The van der Waals surface area contributed by atoms with Gasteiger partial charge in [-0.25, -0.2) is 0 Å². The Morgan fingerprint density at radius 2 is 2.00 bits per heavy atom. The molecule has 21 heavy (non-hydrogen) atoms. The highest BCUT2D eigenvalue weighted by Crippen LogP contribution is 2.28. The lowest BCUT2D eigenvalue weighted by Gasteiger charge is -2.31. The summed E-state index contributed by atoms with van der Waals surface area (Å²) in [6.45, 7) is -0.722. The number of hydrogen-bond acceptors (Lipinski definition) is 8. The normalized spacial score (nSPS) is 34.0. The van der Waals surface area contributed by atoms with Crippen LogP contribution in [0.3, 0.4) is 0 Å². The van der Waals surface area contributed by atoms with Gasteiger partial charge in [0.05, 0.1) is 13.2 Å². The fraction of sp³-hybridized carbons (Fsp3) is 0.917. The zero-order valence-corrected chi connectivity index (χ0v) is 11.7. The Bertz CT molecular complexity index is 344. The number of rotatable bonds is 9. The van der Waals surface area contributed by atoms with Crippen LogP contribution in [0.25, 0.3) is 0 Å². The Kier molecular flexibility index (Phi) is 6.94. The Labute approximate surface area is 122 Å². The van der Waals surface area contributed by atoms with Crippen molar-refractivity contribution in [3.05, 3.63) is 0 Å². The van der Waals surface area contributed by atoms with E-state index in [9.17, 15) is 20.1 Å². The van der Waals surface area contributed by atoms with E-state index < -0.39 is 49.3 Å².